The number of aromatic nitrogens is 4. The molecule has 0 fully saturated rings. The number of nitrogens with zero attached hydrogens (tertiary/aromatic N) is 4. The van der Waals surface area contributed by atoms with Crippen molar-refractivity contribution in [2.75, 3.05) is 5.32 Å². The van der Waals surface area contributed by atoms with Crippen LogP contribution in [0.25, 0.3) is 10.7 Å². The SMILES string of the molecule is O=C(Cn1nnc(-c2cccs2)n1)c1ccc(NC(=O)c2ccccc2)cc1. The molecule has 1 amide bonds. The number of rotatable bonds is 6. The summed E-state index contributed by atoms with van der Waals surface area (Å²) in [5.74, 6) is 0.158. The van der Waals surface area contributed by atoms with E-state index in [-0.39, 0.29) is 18.2 Å². The lowest BCUT2D eigenvalue weighted by atomic mass is 10.1. The minimum absolute atomic E-state index is 0.00586. The van der Waals surface area contributed by atoms with Gasteiger partial charge in [-0.05, 0) is 53.1 Å². The van der Waals surface area contributed by atoms with E-state index < -0.39 is 0 Å². The predicted molar refractivity (Wildman–Crippen MR) is 106 cm³/mol. The molecule has 0 unspecified atom stereocenters. The Morgan fingerprint density at radius 2 is 1.71 bits per heavy atom. The molecule has 0 atom stereocenters. The number of hydrogen-bond donors (Lipinski definition) is 1. The van der Waals surface area contributed by atoms with E-state index in [1.54, 1.807) is 48.5 Å². The molecule has 0 saturated carbocycles. The number of hydrogen-bond acceptors (Lipinski definition) is 6. The Morgan fingerprint density at radius 3 is 2.43 bits per heavy atom. The standard InChI is InChI=1S/C20H15N5O2S/c26-17(13-25-23-19(22-24-25)18-7-4-12-28-18)14-8-10-16(11-9-14)21-20(27)15-5-2-1-3-6-15/h1-12H,13H2,(H,21,27). The van der Waals surface area contributed by atoms with Gasteiger partial charge in [-0.1, -0.05) is 24.3 Å². The molecular formula is C20H15N5O2S. The highest BCUT2D eigenvalue weighted by molar-refractivity contribution is 7.13. The second-order valence-electron chi connectivity index (χ2n) is 5.94. The fourth-order valence-electron chi connectivity index (χ4n) is 2.57. The van der Waals surface area contributed by atoms with Crippen LogP contribution in [0.3, 0.4) is 0 Å². The van der Waals surface area contributed by atoms with E-state index in [9.17, 15) is 9.59 Å². The van der Waals surface area contributed by atoms with Crippen LogP contribution in [0.1, 0.15) is 20.7 Å². The van der Waals surface area contributed by atoms with Gasteiger partial charge in [-0.3, -0.25) is 9.59 Å². The first-order chi connectivity index (χ1) is 13.7. The zero-order valence-electron chi connectivity index (χ0n) is 14.6. The molecule has 8 heteroatoms. The van der Waals surface area contributed by atoms with Crippen molar-refractivity contribution < 1.29 is 9.59 Å². The van der Waals surface area contributed by atoms with Crippen molar-refractivity contribution in [2.45, 2.75) is 6.54 Å². The zero-order chi connectivity index (χ0) is 19.3. The highest BCUT2D eigenvalue weighted by Crippen LogP contribution is 2.19. The van der Waals surface area contributed by atoms with Gasteiger partial charge in [-0.25, -0.2) is 0 Å². The smallest absolute Gasteiger partial charge is 0.255 e. The van der Waals surface area contributed by atoms with Crippen LogP contribution in [0, 0.1) is 0 Å². The molecule has 0 aliphatic carbocycles. The third-order valence-corrected chi connectivity index (χ3v) is 4.85. The van der Waals surface area contributed by atoms with Gasteiger partial charge in [0.15, 0.2) is 5.78 Å². The van der Waals surface area contributed by atoms with Gasteiger partial charge >= 0.3 is 0 Å². The van der Waals surface area contributed by atoms with Crippen LogP contribution < -0.4 is 5.32 Å². The lowest BCUT2D eigenvalue weighted by Gasteiger charge is -2.06. The number of nitrogens with one attached hydrogen (secondary N) is 1. The van der Waals surface area contributed by atoms with Crippen LogP contribution in [0.15, 0.2) is 72.1 Å². The normalized spacial score (nSPS) is 10.6. The van der Waals surface area contributed by atoms with E-state index in [2.05, 4.69) is 20.7 Å². The van der Waals surface area contributed by atoms with E-state index in [0.717, 1.165) is 4.88 Å². The summed E-state index contributed by atoms with van der Waals surface area (Å²) >= 11 is 1.51. The predicted octanol–water partition coefficient (Wildman–Crippen LogP) is 3.54. The minimum atomic E-state index is -0.201. The quantitative estimate of drug-likeness (QED) is 0.510. The van der Waals surface area contributed by atoms with Crippen molar-refractivity contribution in [3.05, 3.63) is 83.2 Å². The van der Waals surface area contributed by atoms with Gasteiger partial charge < -0.3 is 5.32 Å². The fraction of sp³-hybridized carbons (Fsp3) is 0.0500. The monoisotopic (exact) mass is 389 g/mol. The summed E-state index contributed by atoms with van der Waals surface area (Å²) in [7, 11) is 0. The topological polar surface area (TPSA) is 89.8 Å². The number of carbonyl (C=O) groups excluding carboxylic acids is 2. The first-order valence-electron chi connectivity index (χ1n) is 8.50. The van der Waals surface area contributed by atoms with Gasteiger partial charge in [-0.15, -0.1) is 21.5 Å². The minimum Gasteiger partial charge on any atom is -0.322 e. The Bertz CT molecular complexity index is 1090. The molecule has 2 aromatic heterocycles. The number of ketones is 1. The van der Waals surface area contributed by atoms with Crippen molar-refractivity contribution in [3.63, 3.8) is 0 Å². The van der Waals surface area contributed by atoms with E-state index in [0.29, 0.717) is 22.6 Å². The number of carbonyl (C=O) groups is 2. The lowest BCUT2D eigenvalue weighted by molar-refractivity contribution is 0.0960. The largest absolute Gasteiger partial charge is 0.322 e. The Hall–Kier alpha value is -3.65. The number of Topliss-reactive ketones (excluding diaryl/α,β-unsaturated/α-hetero) is 1. The average molecular weight is 389 g/mol. The summed E-state index contributed by atoms with van der Waals surface area (Å²) in [6, 6.07) is 19.5. The molecule has 0 saturated heterocycles. The van der Waals surface area contributed by atoms with Crippen molar-refractivity contribution in [2.24, 2.45) is 0 Å². The number of amides is 1. The van der Waals surface area contributed by atoms with Crippen molar-refractivity contribution in [1.29, 1.82) is 0 Å². The Morgan fingerprint density at radius 1 is 0.929 bits per heavy atom. The van der Waals surface area contributed by atoms with Gasteiger partial charge in [0, 0.05) is 16.8 Å². The molecule has 0 radical (unpaired) electrons. The van der Waals surface area contributed by atoms with Crippen molar-refractivity contribution in [3.8, 4) is 10.7 Å². The molecule has 1 N–H and O–H groups in total. The lowest BCUT2D eigenvalue weighted by Crippen LogP contribution is -2.14. The van der Waals surface area contributed by atoms with Crippen LogP contribution in [-0.4, -0.2) is 31.9 Å². The summed E-state index contributed by atoms with van der Waals surface area (Å²) < 4.78 is 0. The van der Waals surface area contributed by atoms with Crippen molar-refractivity contribution >= 4 is 28.7 Å². The molecule has 0 aliphatic rings. The van der Waals surface area contributed by atoms with Crippen LogP contribution in [0.2, 0.25) is 0 Å². The number of thiophene rings is 1. The Kier molecular flexibility index (Phi) is 5.03. The Labute approximate surface area is 164 Å². The molecule has 4 rings (SSSR count). The molecule has 2 aromatic carbocycles. The number of benzene rings is 2. The summed E-state index contributed by atoms with van der Waals surface area (Å²) in [6.07, 6.45) is 0. The van der Waals surface area contributed by atoms with Crippen LogP contribution >= 0.6 is 11.3 Å². The highest BCUT2D eigenvalue weighted by Gasteiger charge is 2.12. The fourth-order valence-corrected chi connectivity index (χ4v) is 3.21. The third kappa shape index (κ3) is 4.02. The highest BCUT2D eigenvalue weighted by atomic mass is 32.1. The zero-order valence-corrected chi connectivity index (χ0v) is 15.5. The maximum Gasteiger partial charge on any atom is 0.255 e. The van der Waals surface area contributed by atoms with Crippen molar-refractivity contribution in [1.82, 2.24) is 20.2 Å². The van der Waals surface area contributed by atoms with Gasteiger partial charge in [0.1, 0.15) is 6.54 Å². The molecule has 28 heavy (non-hydrogen) atoms. The second kappa shape index (κ2) is 7.93. The molecule has 4 aromatic rings. The maximum atomic E-state index is 12.5. The summed E-state index contributed by atoms with van der Waals surface area (Å²) in [6.45, 7) is -0.00586. The van der Waals surface area contributed by atoms with E-state index in [4.69, 9.17) is 0 Å². The molecule has 0 bridgehead atoms. The molecule has 138 valence electrons. The van der Waals surface area contributed by atoms with Crippen LogP contribution in [-0.2, 0) is 6.54 Å². The third-order valence-electron chi connectivity index (χ3n) is 3.98. The van der Waals surface area contributed by atoms with E-state index in [1.165, 1.54) is 16.1 Å². The van der Waals surface area contributed by atoms with Gasteiger partial charge in [0.2, 0.25) is 5.82 Å². The summed E-state index contributed by atoms with van der Waals surface area (Å²) in [5, 5.41) is 16.9. The molecule has 0 spiro atoms. The Balaban J connectivity index is 1.39. The van der Waals surface area contributed by atoms with Crippen LogP contribution in [0.4, 0.5) is 5.69 Å². The molecule has 2 heterocycles. The van der Waals surface area contributed by atoms with E-state index >= 15 is 0 Å². The molecule has 0 aliphatic heterocycles. The number of anilines is 1. The first kappa shape index (κ1) is 17.7. The second-order valence-corrected chi connectivity index (χ2v) is 6.89. The van der Waals surface area contributed by atoms with Gasteiger partial charge in [-0.2, -0.15) is 4.80 Å². The van der Waals surface area contributed by atoms with Gasteiger partial charge in [0.05, 0.1) is 4.88 Å². The average Bonchev–Trinajstić information content (AvgIpc) is 3.41. The molecular weight excluding hydrogens is 374 g/mol. The van der Waals surface area contributed by atoms with Crippen LogP contribution in [0.5, 0.6) is 0 Å². The van der Waals surface area contributed by atoms with Gasteiger partial charge in [0.25, 0.3) is 5.91 Å². The summed E-state index contributed by atoms with van der Waals surface area (Å²) in [4.78, 5) is 26.8. The summed E-state index contributed by atoms with van der Waals surface area (Å²) in [5.41, 5.74) is 1.69. The molecule has 7 nitrogen and oxygen atoms in total. The first-order valence-corrected chi connectivity index (χ1v) is 9.38. The number of tetrazole rings is 1. The van der Waals surface area contributed by atoms with E-state index in [1.807, 2.05) is 23.6 Å². The maximum absolute atomic E-state index is 12.5.